The normalized spacial score (nSPS) is 15.4. The average molecular weight is 412 g/mol. The molecule has 1 saturated heterocycles. The van der Waals surface area contributed by atoms with E-state index in [0.717, 1.165) is 0 Å². The summed E-state index contributed by atoms with van der Waals surface area (Å²) >= 11 is 3.05. The zero-order chi connectivity index (χ0) is 18.0. The van der Waals surface area contributed by atoms with Crippen LogP contribution in [0.2, 0.25) is 0 Å². The summed E-state index contributed by atoms with van der Waals surface area (Å²) in [5.41, 5.74) is 0.613. The van der Waals surface area contributed by atoms with Crippen LogP contribution in [0, 0.1) is 15.9 Å². The number of rotatable bonds is 4. The molecule has 1 amide bonds. The number of carbonyl (C=O) groups is 1. The first-order chi connectivity index (χ1) is 12.0. The van der Waals surface area contributed by atoms with Gasteiger partial charge in [0.25, 0.3) is 5.91 Å². The molecule has 0 atom stereocenters. The number of hydrogen-bond donors (Lipinski definition) is 1. The van der Waals surface area contributed by atoms with Gasteiger partial charge in [-0.15, -0.1) is 5.10 Å². The summed E-state index contributed by atoms with van der Waals surface area (Å²) in [6.07, 6.45) is 0. The number of halogens is 2. The minimum atomic E-state index is -0.639. The zero-order valence-electron chi connectivity index (χ0n) is 13.1. The standard InChI is InChI=1S/C15H15BrFN5O3/c16-12-13(18-19-14(12)22(24)25)15(23)21-7-5-20(6-8-21)9-10-3-1-2-4-11(10)17/h1-4H,5-9H2,(H,18,19). The summed E-state index contributed by atoms with van der Waals surface area (Å²) in [5.74, 6) is -0.961. The van der Waals surface area contributed by atoms with Crippen molar-refractivity contribution in [2.45, 2.75) is 6.54 Å². The van der Waals surface area contributed by atoms with Gasteiger partial charge in [0.05, 0.1) is 0 Å². The van der Waals surface area contributed by atoms with Gasteiger partial charge in [-0.1, -0.05) is 23.3 Å². The molecule has 1 aromatic heterocycles. The fourth-order valence-electron chi connectivity index (χ4n) is 2.71. The van der Waals surface area contributed by atoms with Crippen LogP contribution in [-0.4, -0.2) is 57.0 Å². The lowest BCUT2D eigenvalue weighted by molar-refractivity contribution is -0.390. The molecule has 0 unspecified atom stereocenters. The molecular formula is C15H15BrFN5O3. The van der Waals surface area contributed by atoms with Crippen molar-refractivity contribution in [3.63, 3.8) is 0 Å². The van der Waals surface area contributed by atoms with Crippen LogP contribution in [0.1, 0.15) is 16.1 Å². The van der Waals surface area contributed by atoms with Crippen molar-refractivity contribution in [3.8, 4) is 0 Å². The van der Waals surface area contributed by atoms with Crippen LogP contribution in [0.25, 0.3) is 0 Å². The van der Waals surface area contributed by atoms with Crippen LogP contribution in [0.3, 0.4) is 0 Å². The van der Waals surface area contributed by atoms with Crippen molar-refractivity contribution in [2.24, 2.45) is 0 Å². The Labute approximate surface area is 150 Å². The largest absolute Gasteiger partial charge is 0.358 e. The Kier molecular flexibility index (Phi) is 5.09. The number of carbonyl (C=O) groups excluding carboxylic acids is 1. The first-order valence-corrected chi connectivity index (χ1v) is 8.40. The molecule has 0 radical (unpaired) electrons. The van der Waals surface area contributed by atoms with Gasteiger partial charge in [-0.05, 0) is 26.9 Å². The van der Waals surface area contributed by atoms with Gasteiger partial charge in [0.2, 0.25) is 0 Å². The molecular weight excluding hydrogens is 397 g/mol. The van der Waals surface area contributed by atoms with Gasteiger partial charge in [-0.25, -0.2) is 4.39 Å². The highest BCUT2D eigenvalue weighted by Crippen LogP contribution is 2.26. The first-order valence-electron chi connectivity index (χ1n) is 7.60. The molecule has 0 bridgehead atoms. The fraction of sp³-hybridized carbons (Fsp3) is 0.333. The van der Waals surface area contributed by atoms with Crippen LogP contribution >= 0.6 is 15.9 Å². The summed E-state index contributed by atoms with van der Waals surface area (Å²) in [7, 11) is 0. The highest BCUT2D eigenvalue weighted by molar-refractivity contribution is 9.10. The van der Waals surface area contributed by atoms with E-state index < -0.39 is 4.92 Å². The third kappa shape index (κ3) is 3.69. The Morgan fingerprint density at radius 2 is 2.00 bits per heavy atom. The molecule has 1 aliphatic heterocycles. The highest BCUT2D eigenvalue weighted by atomic mass is 79.9. The van der Waals surface area contributed by atoms with Crippen LogP contribution in [0.15, 0.2) is 28.7 Å². The smallest absolute Gasteiger partial charge is 0.357 e. The SMILES string of the molecule is O=C(c1n[nH]c([N+](=O)[O-])c1Br)N1CCN(Cc2ccccc2F)CC1. The molecule has 1 aliphatic rings. The number of amides is 1. The first kappa shape index (κ1) is 17.5. The number of nitrogens with zero attached hydrogens (tertiary/aromatic N) is 4. The topological polar surface area (TPSA) is 95.4 Å². The summed E-state index contributed by atoms with van der Waals surface area (Å²) in [6, 6.07) is 6.61. The second-order valence-corrected chi connectivity index (χ2v) is 6.44. The number of nitro groups is 1. The lowest BCUT2D eigenvalue weighted by Gasteiger charge is -2.34. The van der Waals surface area contributed by atoms with E-state index in [1.54, 1.807) is 23.1 Å². The minimum absolute atomic E-state index is 0.00532. The number of H-pyrrole nitrogens is 1. The van der Waals surface area contributed by atoms with E-state index in [2.05, 4.69) is 31.0 Å². The maximum Gasteiger partial charge on any atom is 0.357 e. The van der Waals surface area contributed by atoms with Gasteiger partial charge in [0.1, 0.15) is 10.3 Å². The van der Waals surface area contributed by atoms with Crippen molar-refractivity contribution >= 4 is 27.7 Å². The Hall–Kier alpha value is -2.33. The van der Waals surface area contributed by atoms with Crippen LogP contribution < -0.4 is 0 Å². The fourth-order valence-corrected chi connectivity index (χ4v) is 3.20. The number of piperazine rings is 1. The van der Waals surface area contributed by atoms with Gasteiger partial charge >= 0.3 is 5.82 Å². The van der Waals surface area contributed by atoms with E-state index in [1.165, 1.54) is 6.07 Å². The van der Waals surface area contributed by atoms with E-state index in [1.807, 2.05) is 0 Å². The van der Waals surface area contributed by atoms with Crippen molar-refractivity contribution in [1.82, 2.24) is 20.0 Å². The maximum atomic E-state index is 13.7. The van der Waals surface area contributed by atoms with Gasteiger partial charge in [-0.2, -0.15) is 0 Å². The predicted octanol–water partition coefficient (Wildman–Crippen LogP) is 2.18. The molecule has 132 valence electrons. The Morgan fingerprint density at radius 1 is 1.32 bits per heavy atom. The molecule has 8 nitrogen and oxygen atoms in total. The molecule has 2 aromatic rings. The van der Waals surface area contributed by atoms with E-state index >= 15 is 0 Å². The van der Waals surface area contributed by atoms with E-state index in [-0.39, 0.29) is 27.7 Å². The number of benzene rings is 1. The van der Waals surface area contributed by atoms with Crippen LogP contribution in [0.4, 0.5) is 10.2 Å². The van der Waals surface area contributed by atoms with Crippen molar-refractivity contribution in [3.05, 3.63) is 55.9 Å². The molecule has 1 N–H and O–H groups in total. The quantitative estimate of drug-likeness (QED) is 0.614. The van der Waals surface area contributed by atoms with Crippen LogP contribution in [-0.2, 0) is 6.54 Å². The molecule has 2 heterocycles. The molecule has 1 aromatic carbocycles. The van der Waals surface area contributed by atoms with Crippen LogP contribution in [0.5, 0.6) is 0 Å². The lowest BCUT2D eigenvalue weighted by Crippen LogP contribution is -2.48. The molecule has 10 heteroatoms. The lowest BCUT2D eigenvalue weighted by atomic mass is 10.2. The molecule has 0 aliphatic carbocycles. The number of hydrogen-bond acceptors (Lipinski definition) is 5. The molecule has 0 saturated carbocycles. The third-order valence-electron chi connectivity index (χ3n) is 4.09. The minimum Gasteiger partial charge on any atom is -0.358 e. The Balaban J connectivity index is 1.61. The third-order valence-corrected chi connectivity index (χ3v) is 4.84. The summed E-state index contributed by atoms with van der Waals surface area (Å²) in [4.78, 5) is 26.3. The van der Waals surface area contributed by atoms with Gasteiger partial charge in [0, 0.05) is 38.3 Å². The van der Waals surface area contributed by atoms with Gasteiger partial charge in [-0.3, -0.25) is 9.69 Å². The second-order valence-electron chi connectivity index (χ2n) is 5.65. The van der Waals surface area contributed by atoms with Crippen molar-refractivity contribution in [2.75, 3.05) is 26.2 Å². The second kappa shape index (κ2) is 7.28. The maximum absolute atomic E-state index is 13.7. The molecule has 0 spiro atoms. The van der Waals surface area contributed by atoms with E-state index in [9.17, 15) is 19.3 Å². The van der Waals surface area contributed by atoms with Gasteiger partial charge < -0.3 is 15.0 Å². The summed E-state index contributed by atoms with van der Waals surface area (Å²) < 4.78 is 13.8. The van der Waals surface area contributed by atoms with E-state index in [0.29, 0.717) is 38.3 Å². The van der Waals surface area contributed by atoms with Crippen molar-refractivity contribution < 1.29 is 14.1 Å². The number of aromatic nitrogens is 2. The number of nitrogens with one attached hydrogen (secondary N) is 1. The Morgan fingerprint density at radius 3 is 2.60 bits per heavy atom. The molecule has 3 rings (SSSR count). The zero-order valence-corrected chi connectivity index (χ0v) is 14.7. The van der Waals surface area contributed by atoms with Gasteiger partial charge in [0.15, 0.2) is 5.69 Å². The Bertz CT molecular complexity index is 804. The molecule has 25 heavy (non-hydrogen) atoms. The molecule has 1 fully saturated rings. The number of aromatic amines is 1. The average Bonchev–Trinajstić information content (AvgIpc) is 2.99. The highest BCUT2D eigenvalue weighted by Gasteiger charge is 2.30. The van der Waals surface area contributed by atoms with Crippen molar-refractivity contribution in [1.29, 1.82) is 0 Å². The summed E-state index contributed by atoms with van der Waals surface area (Å²) in [6.45, 7) is 2.54. The van der Waals surface area contributed by atoms with E-state index in [4.69, 9.17) is 0 Å². The monoisotopic (exact) mass is 411 g/mol. The summed E-state index contributed by atoms with van der Waals surface area (Å²) in [5, 5.41) is 16.8. The predicted molar refractivity (Wildman–Crippen MR) is 90.5 cm³/mol.